The van der Waals surface area contributed by atoms with Crippen molar-refractivity contribution in [2.24, 2.45) is 17.8 Å². The number of carbonyl (C=O) groups is 1. The summed E-state index contributed by atoms with van der Waals surface area (Å²) in [6, 6.07) is 0. The van der Waals surface area contributed by atoms with E-state index in [9.17, 15) is 4.79 Å². The van der Waals surface area contributed by atoms with E-state index in [-0.39, 0.29) is 12.1 Å². The molecular weight excluding hydrogens is 278 g/mol. The van der Waals surface area contributed by atoms with Crippen LogP contribution < -0.4 is 0 Å². The molecule has 22 heavy (non-hydrogen) atoms. The van der Waals surface area contributed by atoms with Crippen LogP contribution in [0.5, 0.6) is 0 Å². The van der Waals surface area contributed by atoms with Gasteiger partial charge in [-0.3, -0.25) is 0 Å². The Balaban J connectivity index is 1.69. The Labute approximate surface area is 133 Å². The number of rotatable bonds is 4. The minimum Gasteiger partial charge on any atom is -0.426 e. The van der Waals surface area contributed by atoms with Gasteiger partial charge in [-0.2, -0.15) is 0 Å². The second-order valence-corrected chi connectivity index (χ2v) is 7.53. The van der Waals surface area contributed by atoms with Gasteiger partial charge >= 0.3 is 5.97 Å². The maximum atomic E-state index is 11.7. The standard InChI is InChI=1S/C18H29NO3/c1-12(2)14-7-6-13(3)10-16(14)21-18-15(11-17(20)22-18)19-8-4-5-9-19/h11-14,16,18H,4-10H2,1-3H3/t13-,14+,16-,18+/m1/s1. The first-order chi connectivity index (χ1) is 10.5. The lowest BCUT2D eigenvalue weighted by Gasteiger charge is -2.39. The van der Waals surface area contributed by atoms with Crippen molar-refractivity contribution < 1.29 is 14.3 Å². The summed E-state index contributed by atoms with van der Waals surface area (Å²) < 4.78 is 11.8. The molecule has 1 aliphatic carbocycles. The quantitative estimate of drug-likeness (QED) is 0.747. The maximum Gasteiger partial charge on any atom is 0.335 e. The zero-order valence-electron chi connectivity index (χ0n) is 14.1. The van der Waals surface area contributed by atoms with Crippen LogP contribution >= 0.6 is 0 Å². The van der Waals surface area contributed by atoms with Gasteiger partial charge in [0.25, 0.3) is 0 Å². The number of nitrogens with zero attached hydrogens (tertiary/aromatic N) is 1. The fourth-order valence-electron chi connectivity index (χ4n) is 4.13. The molecule has 0 aromatic carbocycles. The Morgan fingerprint density at radius 2 is 2.00 bits per heavy atom. The van der Waals surface area contributed by atoms with E-state index in [1.54, 1.807) is 6.08 Å². The Bertz CT molecular complexity index is 440. The summed E-state index contributed by atoms with van der Waals surface area (Å²) in [5.41, 5.74) is 0.947. The highest BCUT2D eigenvalue weighted by atomic mass is 16.7. The molecule has 0 amide bonds. The van der Waals surface area contributed by atoms with Crippen LogP contribution in [-0.2, 0) is 14.3 Å². The van der Waals surface area contributed by atoms with E-state index in [1.807, 2.05) is 0 Å². The minimum atomic E-state index is -0.484. The van der Waals surface area contributed by atoms with Crippen LogP contribution in [0.2, 0.25) is 0 Å². The first-order valence-corrected chi connectivity index (χ1v) is 8.87. The molecule has 0 radical (unpaired) electrons. The van der Waals surface area contributed by atoms with Crippen molar-refractivity contribution in [3.05, 3.63) is 11.8 Å². The van der Waals surface area contributed by atoms with Gasteiger partial charge in [0.2, 0.25) is 6.29 Å². The lowest BCUT2D eigenvalue weighted by atomic mass is 9.75. The first-order valence-electron chi connectivity index (χ1n) is 8.87. The van der Waals surface area contributed by atoms with E-state index in [0.717, 1.165) is 25.2 Å². The van der Waals surface area contributed by atoms with Gasteiger partial charge < -0.3 is 14.4 Å². The molecule has 2 heterocycles. The topological polar surface area (TPSA) is 38.8 Å². The molecular formula is C18H29NO3. The minimum absolute atomic E-state index is 0.200. The smallest absolute Gasteiger partial charge is 0.335 e. The summed E-state index contributed by atoms with van der Waals surface area (Å²) in [5.74, 6) is 1.61. The van der Waals surface area contributed by atoms with Crippen LogP contribution in [0, 0.1) is 17.8 Å². The molecule has 0 N–H and O–H groups in total. The van der Waals surface area contributed by atoms with Crippen molar-refractivity contribution in [3.8, 4) is 0 Å². The monoisotopic (exact) mass is 307 g/mol. The molecule has 1 saturated carbocycles. The number of carbonyl (C=O) groups excluding carboxylic acids is 1. The highest BCUT2D eigenvalue weighted by molar-refractivity contribution is 5.85. The van der Waals surface area contributed by atoms with Crippen molar-refractivity contribution in [2.45, 2.75) is 65.3 Å². The Hall–Kier alpha value is -1.03. The summed E-state index contributed by atoms with van der Waals surface area (Å²) in [7, 11) is 0. The predicted molar refractivity (Wildman–Crippen MR) is 85.0 cm³/mol. The first kappa shape index (κ1) is 15.9. The highest BCUT2D eigenvalue weighted by Crippen LogP contribution is 2.37. The molecule has 0 bridgehead atoms. The van der Waals surface area contributed by atoms with Crippen molar-refractivity contribution in [2.75, 3.05) is 13.1 Å². The van der Waals surface area contributed by atoms with Gasteiger partial charge in [-0.1, -0.05) is 27.2 Å². The molecule has 124 valence electrons. The van der Waals surface area contributed by atoms with E-state index >= 15 is 0 Å². The van der Waals surface area contributed by atoms with Crippen LogP contribution in [0.1, 0.15) is 52.9 Å². The Kier molecular flexibility index (Phi) is 4.76. The number of cyclic esters (lactones) is 1. The third kappa shape index (κ3) is 3.32. The van der Waals surface area contributed by atoms with E-state index in [4.69, 9.17) is 9.47 Å². The number of esters is 1. The SMILES string of the molecule is CC(C)[C@@H]1CC[C@@H](C)C[C@H]1O[C@H]1OC(=O)C=C1N1CCCC1. The van der Waals surface area contributed by atoms with Gasteiger partial charge in [-0.25, -0.2) is 4.79 Å². The summed E-state index contributed by atoms with van der Waals surface area (Å²) in [5, 5.41) is 0. The highest BCUT2D eigenvalue weighted by Gasteiger charge is 2.38. The normalized spacial score (nSPS) is 35.9. The molecule has 0 aromatic rings. The molecule has 0 spiro atoms. The van der Waals surface area contributed by atoms with Crippen LogP contribution in [0.4, 0.5) is 0 Å². The van der Waals surface area contributed by atoms with Crippen LogP contribution in [0.15, 0.2) is 11.8 Å². The largest absolute Gasteiger partial charge is 0.426 e. The third-order valence-corrected chi connectivity index (χ3v) is 5.46. The molecule has 2 fully saturated rings. The van der Waals surface area contributed by atoms with Crippen molar-refractivity contribution in [3.63, 3.8) is 0 Å². The number of hydrogen-bond acceptors (Lipinski definition) is 4. The second-order valence-electron chi connectivity index (χ2n) is 7.53. The molecule has 3 aliphatic rings. The van der Waals surface area contributed by atoms with E-state index in [0.29, 0.717) is 17.8 Å². The number of likely N-dealkylation sites (tertiary alicyclic amines) is 1. The van der Waals surface area contributed by atoms with Gasteiger partial charge in [-0.05, 0) is 43.4 Å². The van der Waals surface area contributed by atoms with Crippen molar-refractivity contribution in [1.82, 2.24) is 4.90 Å². The summed E-state index contributed by atoms with van der Waals surface area (Å²) in [6.07, 6.45) is 7.29. The van der Waals surface area contributed by atoms with Gasteiger partial charge in [0.05, 0.1) is 11.8 Å². The molecule has 0 aromatic heterocycles. The predicted octanol–water partition coefficient (Wildman–Crippen LogP) is 3.33. The molecule has 4 atom stereocenters. The summed E-state index contributed by atoms with van der Waals surface area (Å²) in [6.45, 7) is 8.86. The zero-order chi connectivity index (χ0) is 15.7. The molecule has 0 unspecified atom stereocenters. The lowest BCUT2D eigenvalue weighted by molar-refractivity contribution is -0.184. The van der Waals surface area contributed by atoms with Gasteiger partial charge in [0.15, 0.2) is 0 Å². The van der Waals surface area contributed by atoms with Crippen LogP contribution in [0.3, 0.4) is 0 Å². The fraction of sp³-hybridized carbons (Fsp3) is 0.833. The van der Waals surface area contributed by atoms with Crippen LogP contribution in [-0.4, -0.2) is 36.4 Å². The molecule has 4 nitrogen and oxygen atoms in total. The zero-order valence-corrected chi connectivity index (χ0v) is 14.1. The average Bonchev–Trinajstić information content (AvgIpc) is 3.08. The Morgan fingerprint density at radius 1 is 1.27 bits per heavy atom. The molecule has 2 aliphatic heterocycles. The molecule has 4 heteroatoms. The molecule has 1 saturated heterocycles. The second kappa shape index (κ2) is 6.61. The fourth-order valence-corrected chi connectivity index (χ4v) is 4.13. The van der Waals surface area contributed by atoms with Crippen molar-refractivity contribution in [1.29, 1.82) is 0 Å². The average molecular weight is 307 g/mol. The van der Waals surface area contributed by atoms with Crippen LogP contribution in [0.25, 0.3) is 0 Å². The van der Waals surface area contributed by atoms with Gasteiger partial charge in [0, 0.05) is 19.2 Å². The molecule has 3 rings (SSSR count). The third-order valence-electron chi connectivity index (χ3n) is 5.46. The van der Waals surface area contributed by atoms with E-state index in [2.05, 4.69) is 25.7 Å². The van der Waals surface area contributed by atoms with Crippen molar-refractivity contribution >= 4 is 5.97 Å². The summed E-state index contributed by atoms with van der Waals surface area (Å²) in [4.78, 5) is 14.0. The lowest BCUT2D eigenvalue weighted by Crippen LogP contribution is -2.39. The van der Waals surface area contributed by atoms with E-state index in [1.165, 1.54) is 25.7 Å². The maximum absolute atomic E-state index is 11.7. The Morgan fingerprint density at radius 3 is 2.68 bits per heavy atom. The number of hydrogen-bond donors (Lipinski definition) is 0. The summed E-state index contributed by atoms with van der Waals surface area (Å²) >= 11 is 0. The van der Waals surface area contributed by atoms with E-state index < -0.39 is 6.29 Å². The number of ether oxygens (including phenoxy) is 2. The van der Waals surface area contributed by atoms with Gasteiger partial charge in [0.1, 0.15) is 0 Å². The van der Waals surface area contributed by atoms with Gasteiger partial charge in [-0.15, -0.1) is 0 Å².